The Balaban J connectivity index is 1.45. The van der Waals surface area contributed by atoms with Gasteiger partial charge < -0.3 is 4.98 Å². The number of hydrogen-bond donors (Lipinski definition) is 2. The van der Waals surface area contributed by atoms with Gasteiger partial charge in [0, 0.05) is 35.1 Å². The Bertz CT molecular complexity index is 1500. The van der Waals surface area contributed by atoms with E-state index in [0.29, 0.717) is 17.2 Å². The minimum absolute atomic E-state index is 0.0820. The number of nitrogens with one attached hydrogen (secondary N) is 2. The Hall–Kier alpha value is -3.45. The lowest BCUT2D eigenvalue weighted by atomic mass is 10.1. The van der Waals surface area contributed by atoms with E-state index >= 15 is 0 Å². The predicted molar refractivity (Wildman–Crippen MR) is 137 cm³/mol. The Kier molecular flexibility index (Phi) is 5.72. The van der Waals surface area contributed by atoms with Crippen molar-refractivity contribution < 1.29 is 0 Å². The van der Waals surface area contributed by atoms with Gasteiger partial charge in [0.25, 0.3) is 5.56 Å². The van der Waals surface area contributed by atoms with Gasteiger partial charge in [-0.05, 0) is 56.5 Å². The maximum Gasteiger partial charge on any atom is 0.282 e. The number of thiazole rings is 1. The van der Waals surface area contributed by atoms with Gasteiger partial charge in [-0.15, -0.1) is 0 Å². The highest BCUT2D eigenvalue weighted by Crippen LogP contribution is 2.24. The van der Waals surface area contributed by atoms with E-state index in [9.17, 15) is 4.79 Å². The number of hydrogen-bond acceptors (Lipinski definition) is 4. The lowest BCUT2D eigenvalue weighted by Crippen LogP contribution is -2.20. The molecule has 0 saturated heterocycles. The second kappa shape index (κ2) is 8.83. The van der Waals surface area contributed by atoms with Crippen LogP contribution in [0.4, 0.5) is 0 Å². The Morgan fingerprint density at radius 3 is 2.85 bits per heavy atom. The van der Waals surface area contributed by atoms with Crippen molar-refractivity contribution >= 4 is 38.2 Å². The van der Waals surface area contributed by atoms with Crippen LogP contribution in [0.15, 0.2) is 58.4 Å². The fourth-order valence-electron chi connectivity index (χ4n) is 4.30. The van der Waals surface area contributed by atoms with Crippen molar-refractivity contribution in [2.75, 3.05) is 6.54 Å². The Morgan fingerprint density at radius 1 is 1.18 bits per heavy atom. The SMILES string of the molecule is CCCc1[nH]n(-c2nc3ccccc3s2)c(=O)c1C(C)=NCCc1c[nH]c2ccc(C)cc12. The molecule has 0 unspecified atom stereocenters. The van der Waals surface area contributed by atoms with E-state index in [-0.39, 0.29) is 5.56 Å². The third kappa shape index (κ3) is 4.04. The van der Waals surface area contributed by atoms with Gasteiger partial charge in [-0.25, -0.2) is 4.98 Å². The topological polar surface area (TPSA) is 78.8 Å². The standard InChI is InChI=1S/C26H27N5OS/c1-4-7-22-24(25(32)31(30-22)26-29-21-8-5-6-9-23(21)33-26)17(3)27-13-12-18-15-28-20-11-10-16(2)14-19(18)20/h5-6,8-11,14-15,28,30H,4,7,12-13H2,1-3H3. The van der Waals surface area contributed by atoms with Gasteiger partial charge in [0.1, 0.15) is 0 Å². The number of para-hydroxylation sites is 1. The van der Waals surface area contributed by atoms with E-state index in [0.717, 1.165) is 46.4 Å². The zero-order chi connectivity index (χ0) is 22.9. The monoisotopic (exact) mass is 457 g/mol. The quantitative estimate of drug-likeness (QED) is 0.313. The molecule has 2 aromatic carbocycles. The first-order valence-corrected chi connectivity index (χ1v) is 12.1. The van der Waals surface area contributed by atoms with Crippen molar-refractivity contribution in [3.8, 4) is 5.13 Å². The first kappa shape index (κ1) is 21.4. The summed E-state index contributed by atoms with van der Waals surface area (Å²) in [7, 11) is 0. The van der Waals surface area contributed by atoms with Crippen molar-refractivity contribution in [1.29, 1.82) is 0 Å². The van der Waals surface area contributed by atoms with Crippen LogP contribution in [-0.4, -0.2) is 32.0 Å². The van der Waals surface area contributed by atoms with E-state index in [1.807, 2.05) is 31.2 Å². The minimum atomic E-state index is -0.0820. The Labute approximate surface area is 196 Å². The Morgan fingerprint density at radius 2 is 2.03 bits per heavy atom. The van der Waals surface area contributed by atoms with Crippen molar-refractivity contribution in [2.24, 2.45) is 4.99 Å². The number of aliphatic imine (C=N–C) groups is 1. The molecule has 7 heteroatoms. The molecule has 168 valence electrons. The lowest BCUT2D eigenvalue weighted by Gasteiger charge is -2.02. The zero-order valence-corrected chi connectivity index (χ0v) is 19.9. The van der Waals surface area contributed by atoms with Crippen molar-refractivity contribution in [1.82, 2.24) is 19.7 Å². The van der Waals surface area contributed by atoms with Crippen LogP contribution in [0.2, 0.25) is 0 Å². The summed E-state index contributed by atoms with van der Waals surface area (Å²) >= 11 is 1.51. The lowest BCUT2D eigenvalue weighted by molar-refractivity contribution is 0.790. The van der Waals surface area contributed by atoms with Gasteiger partial charge in [-0.2, -0.15) is 4.68 Å². The highest BCUT2D eigenvalue weighted by atomic mass is 32.1. The van der Waals surface area contributed by atoms with Gasteiger partial charge in [0.15, 0.2) is 0 Å². The second-order valence-electron chi connectivity index (χ2n) is 8.40. The molecule has 5 rings (SSSR count). The van der Waals surface area contributed by atoms with Gasteiger partial charge in [-0.1, -0.05) is 48.4 Å². The highest BCUT2D eigenvalue weighted by Gasteiger charge is 2.19. The first-order valence-electron chi connectivity index (χ1n) is 11.3. The van der Waals surface area contributed by atoms with Crippen LogP contribution in [0.3, 0.4) is 0 Å². The number of aryl methyl sites for hydroxylation is 2. The number of fused-ring (bicyclic) bond motifs is 2. The molecule has 2 N–H and O–H groups in total. The third-order valence-electron chi connectivity index (χ3n) is 5.95. The van der Waals surface area contributed by atoms with Crippen LogP contribution in [0.1, 0.15) is 42.7 Å². The van der Waals surface area contributed by atoms with E-state index in [4.69, 9.17) is 4.99 Å². The van der Waals surface area contributed by atoms with Crippen LogP contribution in [0.25, 0.3) is 26.3 Å². The number of H-pyrrole nitrogens is 2. The van der Waals surface area contributed by atoms with Gasteiger partial charge in [0.2, 0.25) is 5.13 Å². The summed E-state index contributed by atoms with van der Waals surface area (Å²) < 4.78 is 2.64. The molecular weight excluding hydrogens is 430 g/mol. The molecule has 0 aliphatic rings. The molecule has 6 nitrogen and oxygen atoms in total. The van der Waals surface area contributed by atoms with E-state index in [1.165, 1.54) is 27.8 Å². The summed E-state index contributed by atoms with van der Waals surface area (Å²) in [5, 5.41) is 5.21. The highest BCUT2D eigenvalue weighted by molar-refractivity contribution is 7.20. The maximum absolute atomic E-state index is 13.4. The molecule has 3 heterocycles. The van der Waals surface area contributed by atoms with Gasteiger partial charge in [-0.3, -0.25) is 14.9 Å². The third-order valence-corrected chi connectivity index (χ3v) is 6.98. The average molecular weight is 458 g/mol. The molecule has 0 aliphatic heterocycles. The minimum Gasteiger partial charge on any atom is -0.361 e. The number of aromatic nitrogens is 4. The maximum atomic E-state index is 13.4. The normalized spacial score (nSPS) is 12.3. The van der Waals surface area contributed by atoms with Crippen LogP contribution < -0.4 is 5.56 Å². The molecular formula is C26H27N5OS. The molecule has 0 radical (unpaired) electrons. The molecule has 0 spiro atoms. The molecule has 0 bridgehead atoms. The van der Waals surface area contributed by atoms with Gasteiger partial charge in [0.05, 0.1) is 15.8 Å². The van der Waals surface area contributed by atoms with E-state index < -0.39 is 0 Å². The van der Waals surface area contributed by atoms with Crippen LogP contribution in [-0.2, 0) is 12.8 Å². The number of rotatable bonds is 7. The summed E-state index contributed by atoms with van der Waals surface area (Å²) in [6.45, 7) is 6.79. The summed E-state index contributed by atoms with van der Waals surface area (Å²) in [5.74, 6) is 0. The fraction of sp³-hybridized carbons (Fsp3) is 0.269. The van der Waals surface area contributed by atoms with Crippen molar-refractivity contribution in [2.45, 2.75) is 40.0 Å². The number of benzene rings is 2. The van der Waals surface area contributed by atoms with Crippen LogP contribution in [0.5, 0.6) is 0 Å². The molecule has 5 aromatic rings. The average Bonchev–Trinajstić information content (AvgIpc) is 3.49. The van der Waals surface area contributed by atoms with Crippen molar-refractivity contribution in [3.63, 3.8) is 0 Å². The van der Waals surface area contributed by atoms with Crippen LogP contribution >= 0.6 is 11.3 Å². The number of nitrogens with zero attached hydrogens (tertiary/aromatic N) is 3. The predicted octanol–water partition coefficient (Wildman–Crippen LogP) is 5.57. The van der Waals surface area contributed by atoms with Crippen molar-refractivity contribution in [3.05, 3.63) is 81.4 Å². The molecule has 0 fully saturated rings. The van der Waals surface area contributed by atoms with E-state index in [2.05, 4.69) is 53.3 Å². The molecule has 3 aromatic heterocycles. The summed E-state index contributed by atoms with van der Waals surface area (Å²) in [4.78, 5) is 26.2. The molecule has 0 saturated carbocycles. The van der Waals surface area contributed by atoms with Gasteiger partial charge >= 0.3 is 0 Å². The largest absolute Gasteiger partial charge is 0.361 e. The van der Waals surface area contributed by atoms with Crippen LogP contribution in [0, 0.1) is 6.92 Å². The zero-order valence-electron chi connectivity index (χ0n) is 19.1. The first-order chi connectivity index (χ1) is 16.0. The van der Waals surface area contributed by atoms with E-state index in [1.54, 1.807) is 4.68 Å². The summed E-state index contributed by atoms with van der Waals surface area (Å²) in [6.07, 6.45) is 4.61. The second-order valence-corrected chi connectivity index (χ2v) is 9.41. The molecule has 0 amide bonds. The number of aromatic amines is 2. The molecule has 0 atom stereocenters. The molecule has 0 aliphatic carbocycles. The summed E-state index contributed by atoms with van der Waals surface area (Å²) in [5.41, 5.74) is 6.83. The summed E-state index contributed by atoms with van der Waals surface area (Å²) in [6, 6.07) is 14.4. The molecule has 33 heavy (non-hydrogen) atoms. The fourth-order valence-corrected chi connectivity index (χ4v) is 5.22. The smallest absolute Gasteiger partial charge is 0.282 e.